The van der Waals surface area contributed by atoms with Crippen LogP contribution in [0.2, 0.25) is 0 Å². The smallest absolute Gasteiger partial charge is 0.407 e. The van der Waals surface area contributed by atoms with Crippen LogP contribution in [0.25, 0.3) is 16.6 Å². The van der Waals surface area contributed by atoms with Crippen LogP contribution in [-0.2, 0) is 40.3 Å². The van der Waals surface area contributed by atoms with Crippen molar-refractivity contribution >= 4 is 50.7 Å². The molecule has 3 N–H and O–H groups in total. The largest absolute Gasteiger partial charge is 0.456 e. The zero-order chi connectivity index (χ0) is 42.5. The van der Waals surface area contributed by atoms with Crippen LogP contribution in [0, 0.1) is 16.7 Å². The van der Waals surface area contributed by atoms with Crippen molar-refractivity contribution in [1.29, 1.82) is 0 Å². The lowest BCUT2D eigenvalue weighted by Crippen LogP contribution is -2.60. The number of nitrogens with one attached hydrogen (secondary N) is 3. The number of rotatable bonds is 7. The van der Waals surface area contributed by atoms with E-state index in [1.165, 1.54) is 11.0 Å². The van der Waals surface area contributed by atoms with Gasteiger partial charge in [-0.05, 0) is 79.2 Å². The molecule has 2 aliphatic carbocycles. The number of hydrogen-bond acceptors (Lipinski definition) is 9. The summed E-state index contributed by atoms with van der Waals surface area (Å²) in [4.78, 5) is 71.8. The Balaban J connectivity index is 1.25. The Hall–Kier alpha value is -5.18. The van der Waals surface area contributed by atoms with Gasteiger partial charge in [0.25, 0.3) is 5.91 Å². The summed E-state index contributed by atoms with van der Waals surface area (Å²) < 4.78 is 41.5. The molecule has 14 nitrogen and oxygen atoms in total. The molecule has 3 heterocycles. The van der Waals surface area contributed by atoms with E-state index in [9.17, 15) is 32.4 Å². The van der Waals surface area contributed by atoms with E-state index in [0.717, 1.165) is 47.8 Å². The number of para-hydroxylation sites is 1. The maximum absolute atomic E-state index is 14.7. The molecule has 7 rings (SSSR count). The maximum Gasteiger partial charge on any atom is 0.407 e. The normalized spacial score (nSPS) is 26.7. The Morgan fingerprint density at radius 1 is 1.02 bits per heavy atom. The lowest BCUT2D eigenvalue weighted by Gasteiger charge is -2.35. The van der Waals surface area contributed by atoms with Gasteiger partial charge in [-0.1, -0.05) is 77.4 Å². The fourth-order valence-corrected chi connectivity index (χ4v) is 9.71. The summed E-state index contributed by atoms with van der Waals surface area (Å²) in [5.74, 6) is -3.45. The van der Waals surface area contributed by atoms with Gasteiger partial charge in [-0.3, -0.25) is 19.1 Å². The standard InChI is InChI=1S/C44H55N5O9S/c1-7-28-24-44(28,40(53)47-59(55,56)31-19-20-31)46-37(50)34-22-30-25-48(34)38(51)36(42(2,3)4)45-41(54)57-26-43(5,6)21-12-11-14-27-15-13-18-33-32(27)23-35(39(52)58-30)49(33)29-16-9-8-10-17-29/h7-10,13,15-18,23,28,30-31,34,36H,1,11-12,14,19-22,24-26H2,2-6H3,(H,45,54)(H,46,50)(H,47,53)/t28?,30-,34+,36-,44-/m1/s1. The number of nitrogens with zero attached hydrogens (tertiary/aromatic N) is 2. The number of hydrogen-bond donors (Lipinski definition) is 3. The zero-order valence-corrected chi connectivity index (χ0v) is 35.2. The first-order valence-electron chi connectivity index (χ1n) is 20.5. The SMILES string of the molecule is C=CC1C[C@]1(NC(=O)[C@@H]1C[C@@H]2CN1C(=O)[C@H](C(C)(C)C)NC(=O)OCC(C)(C)CCCCc1cccc3c1cc(n3-c1ccccc1)C(=O)O2)C(=O)NS(=O)(=O)C1CC1. The highest BCUT2D eigenvalue weighted by atomic mass is 32.2. The van der Waals surface area contributed by atoms with Gasteiger partial charge in [0.2, 0.25) is 21.8 Å². The molecule has 4 bridgehead atoms. The Labute approximate surface area is 345 Å². The monoisotopic (exact) mass is 829 g/mol. The van der Waals surface area contributed by atoms with Gasteiger partial charge in [-0.15, -0.1) is 6.58 Å². The molecule has 15 heteroatoms. The van der Waals surface area contributed by atoms with E-state index >= 15 is 0 Å². The molecule has 0 radical (unpaired) electrons. The van der Waals surface area contributed by atoms with Crippen LogP contribution in [0.4, 0.5) is 4.79 Å². The Morgan fingerprint density at radius 3 is 2.41 bits per heavy atom. The molecule has 2 saturated carbocycles. The minimum atomic E-state index is -3.94. The third-order valence-electron chi connectivity index (χ3n) is 12.0. The molecule has 3 aromatic rings. The van der Waals surface area contributed by atoms with Crippen molar-refractivity contribution in [2.24, 2.45) is 16.7 Å². The second-order valence-corrected chi connectivity index (χ2v) is 20.4. The summed E-state index contributed by atoms with van der Waals surface area (Å²) >= 11 is 0. The first-order chi connectivity index (χ1) is 27.8. The summed E-state index contributed by atoms with van der Waals surface area (Å²) in [6, 6.07) is 14.9. The number of carbonyl (C=O) groups excluding carboxylic acids is 5. The fourth-order valence-electron chi connectivity index (χ4n) is 8.35. The van der Waals surface area contributed by atoms with Crippen LogP contribution in [-0.4, -0.2) is 89.8 Å². The highest BCUT2D eigenvalue weighted by Gasteiger charge is 2.62. The van der Waals surface area contributed by atoms with Gasteiger partial charge in [-0.25, -0.2) is 18.0 Å². The first kappa shape index (κ1) is 42.0. The number of aromatic nitrogens is 1. The van der Waals surface area contributed by atoms with Crippen LogP contribution >= 0.6 is 0 Å². The highest BCUT2D eigenvalue weighted by molar-refractivity contribution is 7.91. The molecule has 0 spiro atoms. The molecule has 4 aliphatic rings. The molecule has 1 saturated heterocycles. The van der Waals surface area contributed by atoms with Crippen LogP contribution in [0.1, 0.15) is 95.6 Å². The Bertz CT molecular complexity index is 2280. The van der Waals surface area contributed by atoms with E-state index in [-0.39, 0.29) is 37.1 Å². The van der Waals surface area contributed by atoms with Crippen molar-refractivity contribution in [2.45, 2.75) is 115 Å². The molecular weight excluding hydrogens is 775 g/mol. The molecule has 2 aromatic carbocycles. The predicted octanol–water partition coefficient (Wildman–Crippen LogP) is 5.32. The molecule has 3 fully saturated rings. The van der Waals surface area contributed by atoms with Crippen LogP contribution in [0.5, 0.6) is 0 Å². The number of esters is 1. The van der Waals surface area contributed by atoms with Gasteiger partial charge in [0, 0.05) is 23.4 Å². The summed E-state index contributed by atoms with van der Waals surface area (Å²) in [6.45, 7) is 13.1. The predicted molar refractivity (Wildman–Crippen MR) is 221 cm³/mol. The molecule has 5 atom stereocenters. The first-order valence-corrected chi connectivity index (χ1v) is 22.0. The average Bonchev–Trinajstić information content (AvgIpc) is 4.08. The fraction of sp³-hybridized carbons (Fsp3) is 0.523. The second kappa shape index (κ2) is 15.8. The molecular formula is C44H55N5O9S. The number of cyclic esters (lactones) is 1. The van der Waals surface area contributed by atoms with Gasteiger partial charge in [0.05, 0.1) is 23.9 Å². The third-order valence-corrected chi connectivity index (χ3v) is 13.9. The highest BCUT2D eigenvalue weighted by Crippen LogP contribution is 2.45. The second-order valence-electron chi connectivity index (χ2n) is 18.4. The molecule has 316 valence electrons. The average molecular weight is 830 g/mol. The summed E-state index contributed by atoms with van der Waals surface area (Å²) in [6.07, 6.45) is 3.82. The number of carbonyl (C=O) groups is 5. The van der Waals surface area contributed by atoms with Gasteiger partial charge < -0.3 is 29.6 Å². The van der Waals surface area contributed by atoms with Crippen LogP contribution in [0.15, 0.2) is 67.3 Å². The van der Waals surface area contributed by atoms with Gasteiger partial charge in [0.15, 0.2) is 0 Å². The van der Waals surface area contributed by atoms with Crippen molar-refractivity contribution in [2.75, 3.05) is 13.2 Å². The molecule has 4 amide bonds. The number of ether oxygens (including phenoxy) is 2. The van der Waals surface area contributed by atoms with Gasteiger partial charge >= 0.3 is 12.1 Å². The number of fused-ring (bicyclic) bond motifs is 3. The van der Waals surface area contributed by atoms with Crippen molar-refractivity contribution in [1.82, 2.24) is 24.8 Å². The van der Waals surface area contributed by atoms with Gasteiger partial charge in [0.1, 0.15) is 29.4 Å². The quantitative estimate of drug-likeness (QED) is 0.210. The van der Waals surface area contributed by atoms with Crippen LogP contribution in [0.3, 0.4) is 0 Å². The van der Waals surface area contributed by atoms with E-state index in [2.05, 4.69) is 28.0 Å². The minimum Gasteiger partial charge on any atom is -0.456 e. The lowest BCUT2D eigenvalue weighted by molar-refractivity contribution is -0.143. The number of amides is 4. The van der Waals surface area contributed by atoms with Crippen molar-refractivity contribution in [3.8, 4) is 5.69 Å². The molecule has 1 unspecified atom stereocenters. The number of aryl methyl sites for hydroxylation is 1. The molecule has 2 aliphatic heterocycles. The third kappa shape index (κ3) is 8.76. The minimum absolute atomic E-state index is 0.105. The van der Waals surface area contributed by atoms with Crippen molar-refractivity contribution in [3.63, 3.8) is 0 Å². The molecule has 59 heavy (non-hydrogen) atoms. The van der Waals surface area contributed by atoms with E-state index in [0.29, 0.717) is 12.8 Å². The van der Waals surface area contributed by atoms with Crippen molar-refractivity contribution in [3.05, 3.63) is 78.5 Å². The number of alkyl carbamates (subject to hydrolysis) is 1. The van der Waals surface area contributed by atoms with Gasteiger partial charge in [-0.2, -0.15) is 0 Å². The number of sulfonamides is 1. The van der Waals surface area contributed by atoms with Crippen LogP contribution < -0.4 is 15.4 Å². The van der Waals surface area contributed by atoms with E-state index in [4.69, 9.17) is 9.47 Å². The summed E-state index contributed by atoms with van der Waals surface area (Å²) in [5.41, 5.74) is 0.0808. The summed E-state index contributed by atoms with van der Waals surface area (Å²) in [5, 5.41) is 5.76. The van der Waals surface area contributed by atoms with E-state index < -0.39 is 80.1 Å². The number of benzene rings is 2. The molecule has 1 aromatic heterocycles. The maximum atomic E-state index is 14.7. The Kier molecular flexibility index (Phi) is 11.2. The Morgan fingerprint density at radius 2 is 1.75 bits per heavy atom. The van der Waals surface area contributed by atoms with E-state index in [1.807, 2.05) is 66.9 Å². The zero-order valence-electron chi connectivity index (χ0n) is 34.4. The summed E-state index contributed by atoms with van der Waals surface area (Å²) in [7, 11) is -3.94. The lowest BCUT2D eigenvalue weighted by atomic mass is 9.85. The topological polar surface area (TPSA) is 182 Å². The van der Waals surface area contributed by atoms with Crippen molar-refractivity contribution < 1.29 is 41.9 Å². The van der Waals surface area contributed by atoms with E-state index in [1.54, 1.807) is 20.8 Å².